The van der Waals surface area contributed by atoms with Gasteiger partial charge in [-0.05, 0) is 81.0 Å². The molecule has 0 radical (unpaired) electrons. The lowest BCUT2D eigenvalue weighted by atomic mass is 9.93. The molecule has 1 atom stereocenters. The first-order chi connectivity index (χ1) is 14.5. The van der Waals surface area contributed by atoms with E-state index in [0.717, 1.165) is 48.5 Å². The van der Waals surface area contributed by atoms with Crippen molar-refractivity contribution < 1.29 is 9.47 Å². The molecule has 0 amide bonds. The van der Waals surface area contributed by atoms with Gasteiger partial charge in [-0.1, -0.05) is 6.07 Å². The fourth-order valence-corrected chi connectivity index (χ4v) is 4.55. The van der Waals surface area contributed by atoms with Crippen LogP contribution in [0.3, 0.4) is 0 Å². The molecule has 1 N–H and O–H groups in total. The van der Waals surface area contributed by atoms with Gasteiger partial charge < -0.3 is 14.8 Å². The second-order valence-corrected chi connectivity index (χ2v) is 9.34. The molecule has 1 fully saturated rings. The quantitative estimate of drug-likeness (QED) is 0.518. The third kappa shape index (κ3) is 4.80. The lowest BCUT2D eigenvalue weighted by Crippen LogP contribution is -2.43. The van der Waals surface area contributed by atoms with Crippen molar-refractivity contribution in [1.29, 1.82) is 0 Å². The van der Waals surface area contributed by atoms with Crippen LogP contribution < -0.4 is 10.1 Å². The maximum absolute atomic E-state index is 5.88. The Morgan fingerprint density at radius 3 is 2.67 bits per heavy atom. The van der Waals surface area contributed by atoms with Crippen molar-refractivity contribution >= 4 is 22.7 Å². The number of ether oxygens (including phenoxy) is 2. The Bertz CT molecular complexity index is 1020. The molecule has 1 saturated heterocycles. The number of aromatic nitrogens is 1. The molecule has 2 heterocycles. The topological polar surface area (TPSA) is 43.4 Å². The molecule has 4 nitrogen and oxygen atoms in total. The molecular formula is C25H30N2O2S. The number of thioether (sulfide) groups is 1. The van der Waals surface area contributed by atoms with Gasteiger partial charge in [0.1, 0.15) is 5.75 Å². The van der Waals surface area contributed by atoms with E-state index in [1.807, 2.05) is 12.1 Å². The van der Waals surface area contributed by atoms with Crippen LogP contribution in [-0.4, -0.2) is 36.6 Å². The Morgan fingerprint density at radius 1 is 1.17 bits per heavy atom. The van der Waals surface area contributed by atoms with Gasteiger partial charge in [0.25, 0.3) is 0 Å². The fourth-order valence-electron chi connectivity index (χ4n) is 4.11. The van der Waals surface area contributed by atoms with Crippen molar-refractivity contribution in [2.45, 2.75) is 49.8 Å². The van der Waals surface area contributed by atoms with Crippen LogP contribution in [-0.2, 0) is 11.3 Å². The smallest absolute Gasteiger partial charge is 0.118 e. The predicted molar refractivity (Wildman–Crippen MR) is 125 cm³/mol. The minimum absolute atomic E-state index is 0.0649. The van der Waals surface area contributed by atoms with Gasteiger partial charge in [-0.25, -0.2) is 4.98 Å². The Labute approximate surface area is 183 Å². The van der Waals surface area contributed by atoms with E-state index in [2.05, 4.69) is 61.8 Å². The summed E-state index contributed by atoms with van der Waals surface area (Å²) in [7, 11) is 1.69. The summed E-state index contributed by atoms with van der Waals surface area (Å²) in [4.78, 5) is 6.31. The summed E-state index contributed by atoms with van der Waals surface area (Å²) >= 11 is 1.74. The van der Waals surface area contributed by atoms with Crippen molar-refractivity contribution in [2.24, 2.45) is 0 Å². The van der Waals surface area contributed by atoms with Crippen molar-refractivity contribution in [3.05, 3.63) is 54.1 Å². The minimum Gasteiger partial charge on any atom is -0.497 e. The summed E-state index contributed by atoms with van der Waals surface area (Å²) in [5.74, 6) is 0.855. The van der Waals surface area contributed by atoms with Crippen LogP contribution >= 0.6 is 11.8 Å². The Kier molecular flexibility index (Phi) is 6.32. The van der Waals surface area contributed by atoms with Crippen molar-refractivity contribution in [2.75, 3.05) is 20.0 Å². The highest BCUT2D eigenvalue weighted by atomic mass is 32.2. The van der Waals surface area contributed by atoms with E-state index >= 15 is 0 Å². The maximum Gasteiger partial charge on any atom is 0.118 e. The van der Waals surface area contributed by atoms with E-state index in [0.29, 0.717) is 6.04 Å². The monoisotopic (exact) mass is 422 g/mol. The van der Waals surface area contributed by atoms with Crippen LogP contribution in [0.2, 0.25) is 0 Å². The van der Waals surface area contributed by atoms with Crippen molar-refractivity contribution in [3.8, 4) is 17.0 Å². The number of nitrogens with one attached hydrogen (secondary N) is 1. The summed E-state index contributed by atoms with van der Waals surface area (Å²) in [5.41, 5.74) is 4.32. The molecule has 0 aliphatic carbocycles. The maximum atomic E-state index is 5.88. The second-order valence-electron chi connectivity index (χ2n) is 8.46. The van der Waals surface area contributed by atoms with Crippen molar-refractivity contribution in [1.82, 2.24) is 10.3 Å². The Hall–Kier alpha value is -2.08. The predicted octanol–water partition coefficient (Wildman–Crippen LogP) is 5.68. The summed E-state index contributed by atoms with van der Waals surface area (Å²) in [5, 5.41) is 4.94. The first kappa shape index (κ1) is 21.2. The standard InChI is InChI=1S/C25H30N2O2S/c1-25(2)15-20(11-12-29-25)26-16-19-13-18-7-10-22(30-4)14-23(18)27-24(19)17-5-8-21(28-3)9-6-17/h5-10,13-14,20,26H,11-12,15-16H2,1-4H3. The first-order valence-corrected chi connectivity index (χ1v) is 11.7. The molecule has 3 aromatic rings. The molecule has 0 bridgehead atoms. The van der Waals surface area contributed by atoms with Crippen LogP contribution in [0.15, 0.2) is 53.4 Å². The molecule has 30 heavy (non-hydrogen) atoms. The number of hydrogen-bond donors (Lipinski definition) is 1. The lowest BCUT2D eigenvalue weighted by molar-refractivity contribution is -0.0630. The molecule has 4 rings (SSSR count). The molecule has 2 aromatic carbocycles. The van der Waals surface area contributed by atoms with E-state index in [-0.39, 0.29) is 5.60 Å². The average molecular weight is 423 g/mol. The minimum atomic E-state index is -0.0649. The molecule has 0 spiro atoms. The SMILES string of the molecule is COc1ccc(-c2nc3cc(SC)ccc3cc2CNC2CCOC(C)(C)C2)cc1. The normalized spacial score (nSPS) is 18.5. The number of rotatable bonds is 6. The number of methoxy groups -OCH3 is 1. The van der Waals surface area contributed by atoms with Gasteiger partial charge in [-0.3, -0.25) is 0 Å². The molecule has 158 valence electrons. The van der Waals surface area contributed by atoms with Crippen LogP contribution in [0.25, 0.3) is 22.2 Å². The van der Waals surface area contributed by atoms with E-state index in [1.165, 1.54) is 15.8 Å². The third-order valence-corrected chi connectivity index (χ3v) is 6.47. The van der Waals surface area contributed by atoms with Gasteiger partial charge in [0.05, 0.1) is 23.9 Å². The summed E-state index contributed by atoms with van der Waals surface area (Å²) in [6, 6.07) is 17.4. The average Bonchev–Trinajstić information content (AvgIpc) is 2.76. The first-order valence-electron chi connectivity index (χ1n) is 10.5. The number of hydrogen-bond acceptors (Lipinski definition) is 5. The van der Waals surface area contributed by atoms with Gasteiger partial charge >= 0.3 is 0 Å². The lowest BCUT2D eigenvalue weighted by Gasteiger charge is -2.36. The molecule has 1 aromatic heterocycles. The van der Waals surface area contributed by atoms with Gasteiger partial charge in [0.2, 0.25) is 0 Å². The molecule has 1 aliphatic heterocycles. The van der Waals surface area contributed by atoms with Gasteiger partial charge in [-0.2, -0.15) is 0 Å². The van der Waals surface area contributed by atoms with E-state index in [9.17, 15) is 0 Å². The largest absolute Gasteiger partial charge is 0.497 e. The van der Waals surface area contributed by atoms with Gasteiger partial charge in [0.15, 0.2) is 0 Å². The zero-order chi connectivity index (χ0) is 21.1. The molecule has 0 saturated carbocycles. The van der Waals surface area contributed by atoms with Crippen molar-refractivity contribution in [3.63, 3.8) is 0 Å². The van der Waals surface area contributed by atoms with Crippen LogP contribution in [0.5, 0.6) is 5.75 Å². The van der Waals surface area contributed by atoms with Crippen LogP contribution in [0.1, 0.15) is 32.3 Å². The number of benzene rings is 2. The van der Waals surface area contributed by atoms with Gasteiger partial charge in [-0.15, -0.1) is 11.8 Å². The molecular weight excluding hydrogens is 392 g/mol. The van der Waals surface area contributed by atoms with E-state index in [1.54, 1.807) is 18.9 Å². The highest BCUT2D eigenvalue weighted by molar-refractivity contribution is 7.98. The zero-order valence-corrected chi connectivity index (χ0v) is 19.0. The highest BCUT2D eigenvalue weighted by Gasteiger charge is 2.28. The number of fused-ring (bicyclic) bond motifs is 1. The third-order valence-electron chi connectivity index (χ3n) is 5.75. The summed E-state index contributed by atoms with van der Waals surface area (Å²) in [6.07, 6.45) is 4.15. The Balaban J connectivity index is 1.68. The number of pyridine rings is 1. The van der Waals surface area contributed by atoms with Crippen LogP contribution in [0, 0.1) is 0 Å². The summed E-state index contributed by atoms with van der Waals surface area (Å²) < 4.78 is 11.2. The Morgan fingerprint density at radius 2 is 1.97 bits per heavy atom. The molecule has 1 aliphatic rings. The van der Waals surface area contributed by atoms with E-state index < -0.39 is 0 Å². The van der Waals surface area contributed by atoms with Gasteiger partial charge in [0, 0.05) is 35.0 Å². The van der Waals surface area contributed by atoms with Crippen LogP contribution in [0.4, 0.5) is 0 Å². The highest BCUT2D eigenvalue weighted by Crippen LogP contribution is 2.30. The zero-order valence-electron chi connectivity index (χ0n) is 18.2. The van der Waals surface area contributed by atoms with E-state index in [4.69, 9.17) is 14.5 Å². The molecule has 5 heteroatoms. The molecule has 1 unspecified atom stereocenters. The second kappa shape index (κ2) is 8.96. The number of nitrogens with zero attached hydrogens (tertiary/aromatic N) is 1. The summed E-state index contributed by atoms with van der Waals surface area (Å²) in [6.45, 7) is 5.94. The fraction of sp³-hybridized carbons (Fsp3) is 0.400.